The highest BCUT2D eigenvalue weighted by Gasteiger charge is 2.22. The summed E-state index contributed by atoms with van der Waals surface area (Å²) < 4.78 is 0. The van der Waals surface area contributed by atoms with E-state index in [9.17, 15) is 9.59 Å². The molecule has 124 valence electrons. The maximum Gasteiger partial charge on any atom is 0.246 e. The van der Waals surface area contributed by atoms with Crippen LogP contribution in [0.3, 0.4) is 0 Å². The van der Waals surface area contributed by atoms with Gasteiger partial charge in [-0.25, -0.2) is 0 Å². The molecule has 0 radical (unpaired) electrons. The number of nitrogens with two attached hydrogens (primary N) is 1. The Balaban J connectivity index is 1.64. The van der Waals surface area contributed by atoms with Crippen molar-refractivity contribution in [2.75, 3.05) is 13.1 Å². The van der Waals surface area contributed by atoms with Gasteiger partial charge in [-0.2, -0.15) is 0 Å². The van der Waals surface area contributed by atoms with Gasteiger partial charge in [0.25, 0.3) is 0 Å². The largest absolute Gasteiger partial charge is 0.370 e. The molecular weight excluding hydrogens is 302 g/mol. The molecular formula is C19H21N3O2. The molecule has 5 heteroatoms. The average Bonchev–Trinajstić information content (AvgIpc) is 2.59. The van der Waals surface area contributed by atoms with Crippen molar-refractivity contribution in [1.29, 1.82) is 0 Å². The number of hydrogen-bond donors (Lipinski definition) is 1. The highest BCUT2D eigenvalue weighted by Crippen LogP contribution is 2.21. The molecule has 2 heterocycles. The number of benzene rings is 1. The minimum absolute atomic E-state index is 0.000425. The lowest BCUT2D eigenvalue weighted by molar-refractivity contribution is -0.127. The summed E-state index contributed by atoms with van der Waals surface area (Å²) >= 11 is 0. The Labute approximate surface area is 141 Å². The van der Waals surface area contributed by atoms with Crippen LogP contribution in [0.2, 0.25) is 0 Å². The monoisotopic (exact) mass is 323 g/mol. The summed E-state index contributed by atoms with van der Waals surface area (Å²) in [7, 11) is 0. The van der Waals surface area contributed by atoms with Crippen LogP contribution in [0.5, 0.6) is 0 Å². The summed E-state index contributed by atoms with van der Waals surface area (Å²) in [6, 6.07) is 9.83. The number of pyridine rings is 1. The number of carbonyl (C=O) groups is 2. The van der Waals surface area contributed by atoms with Crippen molar-refractivity contribution < 1.29 is 9.59 Å². The van der Waals surface area contributed by atoms with Crippen molar-refractivity contribution in [3.63, 3.8) is 0 Å². The number of piperidine rings is 1. The van der Waals surface area contributed by atoms with Crippen LogP contribution in [-0.4, -0.2) is 34.8 Å². The molecule has 1 aromatic heterocycles. The Morgan fingerprint density at radius 2 is 1.96 bits per heavy atom. The number of rotatable bonds is 4. The molecule has 1 aliphatic rings. The summed E-state index contributed by atoms with van der Waals surface area (Å²) in [6.45, 7) is 1.35. The van der Waals surface area contributed by atoms with Gasteiger partial charge in [0.2, 0.25) is 11.8 Å². The maximum atomic E-state index is 12.4. The van der Waals surface area contributed by atoms with Crippen LogP contribution in [0.15, 0.2) is 42.6 Å². The van der Waals surface area contributed by atoms with Gasteiger partial charge in [0.1, 0.15) is 0 Å². The molecule has 0 bridgehead atoms. The van der Waals surface area contributed by atoms with E-state index in [1.807, 2.05) is 41.3 Å². The van der Waals surface area contributed by atoms with Gasteiger partial charge in [-0.1, -0.05) is 24.3 Å². The van der Waals surface area contributed by atoms with Gasteiger partial charge < -0.3 is 10.6 Å². The van der Waals surface area contributed by atoms with E-state index in [-0.39, 0.29) is 11.8 Å². The lowest BCUT2D eigenvalue weighted by atomic mass is 9.93. The Hall–Kier alpha value is -2.69. The Kier molecular flexibility index (Phi) is 4.89. The zero-order valence-corrected chi connectivity index (χ0v) is 13.5. The number of aromatic nitrogens is 1. The number of carbonyl (C=O) groups excluding carboxylic acids is 2. The topological polar surface area (TPSA) is 76.3 Å². The zero-order chi connectivity index (χ0) is 16.9. The van der Waals surface area contributed by atoms with Gasteiger partial charge in [0, 0.05) is 42.7 Å². The molecule has 5 nitrogen and oxygen atoms in total. The fourth-order valence-corrected chi connectivity index (χ4v) is 3.17. The number of likely N-dealkylation sites (tertiary alicyclic amines) is 1. The molecule has 0 saturated carbocycles. The molecule has 0 spiro atoms. The van der Waals surface area contributed by atoms with Crippen LogP contribution in [0, 0.1) is 5.92 Å². The van der Waals surface area contributed by atoms with Crippen LogP contribution in [0.4, 0.5) is 0 Å². The third-order valence-electron chi connectivity index (χ3n) is 4.49. The normalized spacial score (nSPS) is 15.9. The second kappa shape index (κ2) is 7.25. The number of fused-ring (bicyclic) bond motifs is 1. The smallest absolute Gasteiger partial charge is 0.246 e. The molecule has 0 unspecified atom stereocenters. The number of primary amides is 1. The first kappa shape index (κ1) is 16.2. The van der Waals surface area contributed by atoms with Gasteiger partial charge in [-0.05, 0) is 30.9 Å². The van der Waals surface area contributed by atoms with Gasteiger partial charge in [0.15, 0.2) is 0 Å². The summed E-state index contributed by atoms with van der Waals surface area (Å²) in [5.41, 5.74) is 7.07. The molecule has 2 aromatic rings. The minimum atomic E-state index is -0.261. The van der Waals surface area contributed by atoms with E-state index in [1.165, 1.54) is 0 Å². The Bertz CT molecular complexity index is 772. The first-order valence-corrected chi connectivity index (χ1v) is 8.22. The molecule has 24 heavy (non-hydrogen) atoms. The number of amides is 2. The van der Waals surface area contributed by atoms with E-state index >= 15 is 0 Å². The lowest BCUT2D eigenvalue weighted by Crippen LogP contribution is -2.38. The van der Waals surface area contributed by atoms with Crippen LogP contribution in [0.1, 0.15) is 24.8 Å². The summed E-state index contributed by atoms with van der Waals surface area (Å²) in [4.78, 5) is 29.6. The summed E-state index contributed by atoms with van der Waals surface area (Å²) in [5.74, 6) is 0.0429. The Morgan fingerprint density at radius 3 is 2.71 bits per heavy atom. The quantitative estimate of drug-likeness (QED) is 0.878. The minimum Gasteiger partial charge on any atom is -0.370 e. The molecule has 2 amide bonds. The van der Waals surface area contributed by atoms with Crippen LogP contribution in [-0.2, 0) is 9.59 Å². The second-order valence-electron chi connectivity index (χ2n) is 6.19. The number of para-hydroxylation sites is 1. The SMILES string of the molecule is NC(=O)CC1CCN(C(=O)C=Cc2cccc3cccnc23)CC1. The van der Waals surface area contributed by atoms with Crippen molar-refractivity contribution >= 4 is 28.8 Å². The van der Waals surface area contributed by atoms with Crippen LogP contribution in [0.25, 0.3) is 17.0 Å². The fourth-order valence-electron chi connectivity index (χ4n) is 3.17. The van der Waals surface area contributed by atoms with Crippen molar-refractivity contribution in [2.24, 2.45) is 11.7 Å². The van der Waals surface area contributed by atoms with E-state index in [4.69, 9.17) is 5.73 Å². The molecule has 1 saturated heterocycles. The molecule has 2 N–H and O–H groups in total. The van der Waals surface area contributed by atoms with Crippen molar-refractivity contribution in [3.8, 4) is 0 Å². The summed E-state index contributed by atoms with van der Waals surface area (Å²) in [5, 5.41) is 1.05. The van der Waals surface area contributed by atoms with Gasteiger partial charge in [-0.3, -0.25) is 14.6 Å². The number of hydrogen-bond acceptors (Lipinski definition) is 3. The van der Waals surface area contributed by atoms with E-state index in [2.05, 4.69) is 4.98 Å². The van der Waals surface area contributed by atoms with Gasteiger partial charge >= 0.3 is 0 Å². The standard InChI is InChI=1S/C19H21N3O2/c20-17(23)13-14-8-11-22(12-9-14)18(24)7-6-16-4-1-3-15-5-2-10-21-19(15)16/h1-7,10,14H,8-9,11-13H2,(H2,20,23). The second-order valence-corrected chi connectivity index (χ2v) is 6.19. The van der Waals surface area contributed by atoms with E-state index in [0.29, 0.717) is 25.4 Å². The molecule has 0 aliphatic carbocycles. The van der Waals surface area contributed by atoms with Crippen LogP contribution < -0.4 is 5.73 Å². The average molecular weight is 323 g/mol. The molecule has 1 aromatic carbocycles. The predicted octanol–water partition coefficient (Wildman–Crippen LogP) is 2.36. The van der Waals surface area contributed by atoms with E-state index in [1.54, 1.807) is 12.3 Å². The zero-order valence-electron chi connectivity index (χ0n) is 13.5. The van der Waals surface area contributed by atoms with Gasteiger partial charge in [0.05, 0.1) is 5.52 Å². The van der Waals surface area contributed by atoms with Crippen molar-refractivity contribution in [2.45, 2.75) is 19.3 Å². The predicted molar refractivity (Wildman–Crippen MR) is 93.9 cm³/mol. The third-order valence-corrected chi connectivity index (χ3v) is 4.49. The maximum absolute atomic E-state index is 12.4. The van der Waals surface area contributed by atoms with E-state index in [0.717, 1.165) is 29.3 Å². The van der Waals surface area contributed by atoms with Crippen LogP contribution >= 0.6 is 0 Å². The highest BCUT2D eigenvalue weighted by molar-refractivity contribution is 5.95. The molecule has 0 atom stereocenters. The Morgan fingerprint density at radius 1 is 1.21 bits per heavy atom. The van der Waals surface area contributed by atoms with Crippen molar-refractivity contribution in [3.05, 3.63) is 48.2 Å². The molecule has 3 rings (SSSR count). The van der Waals surface area contributed by atoms with Gasteiger partial charge in [-0.15, -0.1) is 0 Å². The third kappa shape index (κ3) is 3.79. The first-order valence-electron chi connectivity index (χ1n) is 8.22. The summed E-state index contributed by atoms with van der Waals surface area (Å²) in [6.07, 6.45) is 7.27. The molecule has 1 fully saturated rings. The van der Waals surface area contributed by atoms with E-state index < -0.39 is 0 Å². The molecule has 1 aliphatic heterocycles. The lowest BCUT2D eigenvalue weighted by Gasteiger charge is -2.30. The highest BCUT2D eigenvalue weighted by atomic mass is 16.2. The van der Waals surface area contributed by atoms with Crippen molar-refractivity contribution in [1.82, 2.24) is 9.88 Å². The first-order chi connectivity index (χ1) is 11.6. The fraction of sp³-hybridized carbons (Fsp3) is 0.316. The number of nitrogens with zero attached hydrogens (tertiary/aromatic N) is 2.